The highest BCUT2D eigenvalue weighted by molar-refractivity contribution is 5.13. The zero-order valence-electron chi connectivity index (χ0n) is 13.4. The van der Waals surface area contributed by atoms with Crippen molar-refractivity contribution < 1.29 is 4.74 Å². The van der Waals surface area contributed by atoms with Crippen molar-refractivity contribution in [2.75, 3.05) is 13.7 Å². The van der Waals surface area contributed by atoms with Crippen LogP contribution in [-0.4, -0.2) is 35.1 Å². The smallest absolute Gasteiger partial charge is 0.0834 e. The van der Waals surface area contributed by atoms with Crippen LogP contribution in [0.25, 0.3) is 0 Å². The Balaban J connectivity index is 2.14. The number of hydrogen-bond donors (Lipinski definition) is 1. The van der Waals surface area contributed by atoms with Gasteiger partial charge >= 0.3 is 0 Å². The summed E-state index contributed by atoms with van der Waals surface area (Å²) in [7, 11) is 1.86. The molecule has 1 aromatic rings. The SMILES string of the molecule is CCCNC(Cc1cc(C)nn1CC)C1(OC)CCC1. The molecule has 4 nitrogen and oxygen atoms in total. The van der Waals surface area contributed by atoms with E-state index in [2.05, 4.69) is 41.9 Å². The second-order valence-electron chi connectivity index (χ2n) is 5.93. The van der Waals surface area contributed by atoms with Crippen LogP contribution in [0.15, 0.2) is 6.07 Å². The molecule has 4 heteroatoms. The summed E-state index contributed by atoms with van der Waals surface area (Å²) in [5.74, 6) is 0. The fourth-order valence-corrected chi connectivity index (χ4v) is 3.23. The predicted octanol–water partition coefficient (Wildman–Crippen LogP) is 2.69. The molecule has 114 valence electrons. The number of rotatable bonds is 8. The lowest BCUT2D eigenvalue weighted by Crippen LogP contribution is -2.57. The molecule has 0 spiro atoms. The van der Waals surface area contributed by atoms with Gasteiger partial charge in [0.1, 0.15) is 0 Å². The number of hydrogen-bond acceptors (Lipinski definition) is 3. The lowest BCUT2D eigenvalue weighted by Gasteiger charge is -2.47. The Labute approximate surface area is 122 Å². The van der Waals surface area contributed by atoms with E-state index in [0.717, 1.165) is 31.6 Å². The second kappa shape index (κ2) is 6.72. The van der Waals surface area contributed by atoms with E-state index in [1.54, 1.807) is 0 Å². The lowest BCUT2D eigenvalue weighted by atomic mass is 9.73. The van der Waals surface area contributed by atoms with Crippen LogP contribution in [0.5, 0.6) is 0 Å². The van der Waals surface area contributed by atoms with Crippen molar-refractivity contribution >= 4 is 0 Å². The van der Waals surface area contributed by atoms with Gasteiger partial charge in [-0.2, -0.15) is 5.10 Å². The average Bonchev–Trinajstić information content (AvgIpc) is 2.75. The second-order valence-corrected chi connectivity index (χ2v) is 5.93. The molecule has 0 radical (unpaired) electrons. The van der Waals surface area contributed by atoms with Crippen LogP contribution in [0.2, 0.25) is 0 Å². The number of methoxy groups -OCH3 is 1. The summed E-state index contributed by atoms with van der Waals surface area (Å²) in [5, 5.41) is 8.27. The van der Waals surface area contributed by atoms with Crippen LogP contribution in [0.3, 0.4) is 0 Å². The molecule has 1 N–H and O–H groups in total. The first-order valence-electron chi connectivity index (χ1n) is 7.97. The molecule has 1 saturated carbocycles. The van der Waals surface area contributed by atoms with Gasteiger partial charge in [0.2, 0.25) is 0 Å². The molecule has 1 atom stereocenters. The van der Waals surface area contributed by atoms with Crippen LogP contribution in [0.1, 0.15) is 50.9 Å². The van der Waals surface area contributed by atoms with Crippen molar-refractivity contribution in [1.29, 1.82) is 0 Å². The Morgan fingerprint density at radius 1 is 1.45 bits per heavy atom. The van der Waals surface area contributed by atoms with Gasteiger partial charge in [-0.15, -0.1) is 0 Å². The van der Waals surface area contributed by atoms with Gasteiger partial charge < -0.3 is 10.1 Å². The molecule has 2 rings (SSSR count). The zero-order valence-corrected chi connectivity index (χ0v) is 13.4. The summed E-state index contributed by atoms with van der Waals surface area (Å²) in [4.78, 5) is 0. The van der Waals surface area contributed by atoms with Crippen molar-refractivity contribution in [3.63, 3.8) is 0 Å². The topological polar surface area (TPSA) is 39.1 Å². The minimum atomic E-state index is 0.0336. The maximum absolute atomic E-state index is 5.89. The van der Waals surface area contributed by atoms with Gasteiger partial charge in [0.05, 0.1) is 11.3 Å². The number of ether oxygens (including phenoxy) is 1. The monoisotopic (exact) mass is 279 g/mol. The van der Waals surface area contributed by atoms with Crippen molar-refractivity contribution in [2.24, 2.45) is 0 Å². The third-order valence-electron chi connectivity index (χ3n) is 4.58. The van der Waals surface area contributed by atoms with Gasteiger partial charge in [-0.1, -0.05) is 6.92 Å². The van der Waals surface area contributed by atoms with Crippen molar-refractivity contribution in [3.05, 3.63) is 17.5 Å². The van der Waals surface area contributed by atoms with Gasteiger partial charge in [0.25, 0.3) is 0 Å². The van der Waals surface area contributed by atoms with E-state index in [9.17, 15) is 0 Å². The average molecular weight is 279 g/mol. The van der Waals surface area contributed by atoms with Gasteiger partial charge in [-0.25, -0.2) is 0 Å². The third-order valence-corrected chi connectivity index (χ3v) is 4.58. The molecule has 0 aliphatic heterocycles. The number of aromatic nitrogens is 2. The first-order chi connectivity index (χ1) is 9.65. The van der Waals surface area contributed by atoms with Crippen molar-refractivity contribution in [1.82, 2.24) is 15.1 Å². The molecule has 1 aromatic heterocycles. The lowest BCUT2D eigenvalue weighted by molar-refractivity contribution is -0.0983. The largest absolute Gasteiger partial charge is 0.377 e. The fourth-order valence-electron chi connectivity index (χ4n) is 3.23. The summed E-state index contributed by atoms with van der Waals surface area (Å²) in [5.41, 5.74) is 2.46. The van der Waals surface area contributed by atoms with E-state index < -0.39 is 0 Å². The minimum Gasteiger partial charge on any atom is -0.377 e. The molecule has 0 amide bonds. The fraction of sp³-hybridized carbons (Fsp3) is 0.812. The number of aryl methyl sites for hydroxylation is 2. The van der Waals surface area contributed by atoms with E-state index in [0.29, 0.717) is 6.04 Å². The Morgan fingerprint density at radius 2 is 2.20 bits per heavy atom. The first kappa shape index (κ1) is 15.5. The normalized spacial score (nSPS) is 18.8. The first-order valence-corrected chi connectivity index (χ1v) is 7.97. The Bertz CT molecular complexity index is 418. The van der Waals surface area contributed by atoms with E-state index >= 15 is 0 Å². The Kier molecular flexibility index (Phi) is 5.22. The van der Waals surface area contributed by atoms with Crippen molar-refractivity contribution in [2.45, 2.75) is 71.1 Å². The van der Waals surface area contributed by atoms with E-state index in [1.807, 2.05) is 7.11 Å². The summed E-state index contributed by atoms with van der Waals surface area (Å²) in [6.45, 7) is 8.42. The van der Waals surface area contributed by atoms with Crippen LogP contribution in [0, 0.1) is 6.92 Å². The molecule has 1 fully saturated rings. The summed E-state index contributed by atoms with van der Waals surface area (Å²) < 4.78 is 8.02. The predicted molar refractivity (Wildman–Crippen MR) is 82.0 cm³/mol. The molecule has 0 aromatic carbocycles. The molecule has 20 heavy (non-hydrogen) atoms. The standard InChI is InChI=1S/C16H29N3O/c1-5-10-17-15(16(20-4)8-7-9-16)12-14-11-13(3)18-19(14)6-2/h11,15,17H,5-10,12H2,1-4H3. The highest BCUT2D eigenvalue weighted by Crippen LogP contribution is 2.39. The Hall–Kier alpha value is -0.870. The quantitative estimate of drug-likeness (QED) is 0.795. The van der Waals surface area contributed by atoms with E-state index in [-0.39, 0.29) is 5.60 Å². The maximum atomic E-state index is 5.89. The minimum absolute atomic E-state index is 0.0336. The van der Waals surface area contributed by atoms with Gasteiger partial charge in [-0.05, 0) is 52.1 Å². The van der Waals surface area contributed by atoms with Gasteiger partial charge in [0.15, 0.2) is 0 Å². The molecule has 1 heterocycles. The Morgan fingerprint density at radius 3 is 2.70 bits per heavy atom. The van der Waals surface area contributed by atoms with Crippen LogP contribution < -0.4 is 5.32 Å². The highest BCUT2D eigenvalue weighted by Gasteiger charge is 2.44. The molecule has 0 saturated heterocycles. The van der Waals surface area contributed by atoms with Gasteiger partial charge in [-0.3, -0.25) is 4.68 Å². The van der Waals surface area contributed by atoms with Crippen LogP contribution in [-0.2, 0) is 17.7 Å². The number of nitrogens with one attached hydrogen (secondary N) is 1. The molecular formula is C16H29N3O. The van der Waals surface area contributed by atoms with Crippen LogP contribution >= 0.6 is 0 Å². The zero-order chi connectivity index (χ0) is 14.6. The maximum Gasteiger partial charge on any atom is 0.0834 e. The van der Waals surface area contributed by atoms with E-state index in [1.165, 1.54) is 25.0 Å². The van der Waals surface area contributed by atoms with Gasteiger partial charge in [0, 0.05) is 31.8 Å². The van der Waals surface area contributed by atoms with Crippen molar-refractivity contribution in [3.8, 4) is 0 Å². The highest BCUT2D eigenvalue weighted by atomic mass is 16.5. The number of nitrogens with zero attached hydrogens (tertiary/aromatic N) is 2. The third kappa shape index (κ3) is 3.07. The molecular weight excluding hydrogens is 250 g/mol. The van der Waals surface area contributed by atoms with E-state index in [4.69, 9.17) is 4.74 Å². The van der Waals surface area contributed by atoms with Crippen LogP contribution in [0.4, 0.5) is 0 Å². The molecule has 0 bridgehead atoms. The summed E-state index contributed by atoms with van der Waals surface area (Å²) in [6, 6.07) is 2.61. The summed E-state index contributed by atoms with van der Waals surface area (Å²) >= 11 is 0. The summed E-state index contributed by atoms with van der Waals surface area (Å²) in [6.07, 6.45) is 5.78. The molecule has 1 unspecified atom stereocenters. The molecule has 1 aliphatic carbocycles. The molecule has 1 aliphatic rings.